The topological polar surface area (TPSA) is 43.4 Å². The van der Waals surface area contributed by atoms with E-state index in [0.717, 1.165) is 5.56 Å². The highest BCUT2D eigenvalue weighted by molar-refractivity contribution is 7.91. The molecule has 5 heteroatoms. The van der Waals surface area contributed by atoms with Crippen LogP contribution in [0.3, 0.4) is 0 Å². The zero-order chi connectivity index (χ0) is 24.3. The van der Waals surface area contributed by atoms with Gasteiger partial charge in [-0.15, -0.1) is 0 Å². The highest BCUT2D eigenvalue weighted by Crippen LogP contribution is 2.28. The second-order valence-corrected chi connectivity index (χ2v) is 12.7. The van der Waals surface area contributed by atoms with Crippen molar-refractivity contribution in [3.05, 3.63) is 108 Å². The van der Waals surface area contributed by atoms with Crippen molar-refractivity contribution in [2.75, 3.05) is 0 Å². The Hall–Kier alpha value is -2.94. The third kappa shape index (κ3) is 5.75. The molecule has 0 N–H and O–H groups in total. The maximum absolute atomic E-state index is 13.0. The number of hydrogen-bond donors (Lipinski definition) is 0. The lowest BCUT2D eigenvalue weighted by molar-refractivity contribution is 0.482. The molecule has 174 valence electrons. The molecule has 0 aliphatic heterocycles. The summed E-state index contributed by atoms with van der Waals surface area (Å²) in [6.45, 7) is 8.40. The first-order chi connectivity index (χ1) is 16.1. The minimum atomic E-state index is -3.58. The molecule has 0 aliphatic carbocycles. The van der Waals surface area contributed by atoms with Crippen LogP contribution in [0, 0.1) is 6.92 Å². The van der Waals surface area contributed by atoms with E-state index in [1.165, 1.54) is 16.2 Å². The van der Waals surface area contributed by atoms with E-state index in [0.29, 0.717) is 25.0 Å². The molecule has 0 heterocycles. The zero-order valence-electron chi connectivity index (χ0n) is 19.9. The summed E-state index contributed by atoms with van der Waals surface area (Å²) in [5.41, 5.74) is 2.33. The van der Waals surface area contributed by atoms with Crippen molar-refractivity contribution in [2.45, 2.75) is 42.9 Å². The predicted octanol–water partition coefficient (Wildman–Crippen LogP) is 6.55. The molecular weight excluding hydrogens is 459 g/mol. The number of sulfone groups is 1. The number of aryl methyl sites for hydroxylation is 1. The molecule has 3 nitrogen and oxygen atoms in total. The van der Waals surface area contributed by atoms with Crippen LogP contribution in [0.15, 0.2) is 107 Å². The third-order valence-corrected chi connectivity index (χ3v) is 8.62. The van der Waals surface area contributed by atoms with Gasteiger partial charge in [-0.2, -0.15) is 0 Å². The fourth-order valence-corrected chi connectivity index (χ4v) is 5.76. The quantitative estimate of drug-likeness (QED) is 0.289. The zero-order valence-corrected chi connectivity index (χ0v) is 21.7. The standard InChI is InChI=1S/C29H29O3PS/c1-21-5-13-25(14-6-21)33-26-15-9-23(10-16-26)32-24-11-19-28(20-12-24)34(30,31)27-17-7-22(8-18-27)29(2,3)4/h5-20,33H,1-4H3. The lowest BCUT2D eigenvalue weighted by Gasteiger charge is -2.19. The molecule has 0 saturated heterocycles. The molecule has 0 saturated carbocycles. The van der Waals surface area contributed by atoms with Gasteiger partial charge in [-0.1, -0.05) is 83.4 Å². The first kappa shape index (κ1) is 24.2. The summed E-state index contributed by atoms with van der Waals surface area (Å²) >= 11 is 0. The molecule has 0 aromatic heterocycles. The molecule has 1 unspecified atom stereocenters. The van der Waals surface area contributed by atoms with Crippen LogP contribution in [-0.2, 0) is 15.3 Å². The van der Waals surface area contributed by atoms with E-state index in [1.54, 1.807) is 36.4 Å². The minimum absolute atomic E-state index is 0.0272. The predicted molar refractivity (Wildman–Crippen MR) is 142 cm³/mol. The molecule has 0 amide bonds. The molecule has 0 bridgehead atoms. The van der Waals surface area contributed by atoms with Gasteiger partial charge in [0.1, 0.15) is 11.5 Å². The fraction of sp³-hybridized carbons (Fsp3) is 0.172. The summed E-state index contributed by atoms with van der Waals surface area (Å²) in [6, 6.07) is 30.3. The molecule has 4 aromatic rings. The summed E-state index contributed by atoms with van der Waals surface area (Å²) in [5, 5.41) is 2.53. The van der Waals surface area contributed by atoms with E-state index in [-0.39, 0.29) is 10.3 Å². The fourth-order valence-electron chi connectivity index (χ4n) is 3.50. The third-order valence-electron chi connectivity index (χ3n) is 5.59. The van der Waals surface area contributed by atoms with Crippen LogP contribution >= 0.6 is 8.58 Å². The average molecular weight is 489 g/mol. The molecular formula is C29H29O3PS. The molecule has 0 aliphatic rings. The molecule has 1 atom stereocenters. The van der Waals surface area contributed by atoms with Gasteiger partial charge < -0.3 is 4.74 Å². The van der Waals surface area contributed by atoms with E-state index in [2.05, 4.69) is 64.1 Å². The molecule has 4 rings (SSSR count). The smallest absolute Gasteiger partial charge is 0.206 e. The van der Waals surface area contributed by atoms with Crippen LogP contribution in [0.2, 0.25) is 0 Å². The van der Waals surface area contributed by atoms with Crippen LogP contribution in [-0.4, -0.2) is 8.42 Å². The summed E-state index contributed by atoms with van der Waals surface area (Å²) in [5.74, 6) is 1.31. The maximum atomic E-state index is 13.0. The van der Waals surface area contributed by atoms with Gasteiger partial charge in [0, 0.05) is 0 Å². The summed E-state index contributed by atoms with van der Waals surface area (Å²) < 4.78 is 32.0. The van der Waals surface area contributed by atoms with Crippen LogP contribution in [0.5, 0.6) is 11.5 Å². The minimum Gasteiger partial charge on any atom is -0.457 e. The summed E-state index contributed by atoms with van der Waals surface area (Å²) in [7, 11) is -2.99. The second kappa shape index (κ2) is 9.74. The van der Waals surface area contributed by atoms with Crippen LogP contribution < -0.4 is 15.3 Å². The van der Waals surface area contributed by atoms with Crippen molar-refractivity contribution < 1.29 is 13.2 Å². The van der Waals surface area contributed by atoms with Gasteiger partial charge in [-0.25, -0.2) is 8.42 Å². The van der Waals surface area contributed by atoms with E-state index in [1.807, 2.05) is 24.3 Å². The highest BCUT2D eigenvalue weighted by atomic mass is 32.2. The maximum Gasteiger partial charge on any atom is 0.206 e. The number of hydrogen-bond acceptors (Lipinski definition) is 3. The monoisotopic (exact) mass is 488 g/mol. The Morgan fingerprint density at radius 2 is 1.03 bits per heavy atom. The molecule has 4 aromatic carbocycles. The van der Waals surface area contributed by atoms with Crippen LogP contribution in [0.25, 0.3) is 0 Å². The Labute approximate surface area is 204 Å². The normalized spacial score (nSPS) is 12.2. The van der Waals surface area contributed by atoms with E-state index >= 15 is 0 Å². The van der Waals surface area contributed by atoms with Gasteiger partial charge in [-0.05, 0) is 77.0 Å². The van der Waals surface area contributed by atoms with Gasteiger partial charge >= 0.3 is 0 Å². The Kier molecular flexibility index (Phi) is 6.93. The number of rotatable bonds is 6. The average Bonchev–Trinajstić information content (AvgIpc) is 2.82. The first-order valence-electron chi connectivity index (χ1n) is 11.2. The van der Waals surface area contributed by atoms with Crippen molar-refractivity contribution in [3.63, 3.8) is 0 Å². The van der Waals surface area contributed by atoms with Crippen molar-refractivity contribution in [2.24, 2.45) is 0 Å². The van der Waals surface area contributed by atoms with Gasteiger partial charge in [-0.3, -0.25) is 0 Å². The van der Waals surface area contributed by atoms with Gasteiger partial charge in [0.15, 0.2) is 0 Å². The van der Waals surface area contributed by atoms with E-state index in [9.17, 15) is 8.42 Å². The van der Waals surface area contributed by atoms with Gasteiger partial charge in [0.25, 0.3) is 0 Å². The van der Waals surface area contributed by atoms with E-state index < -0.39 is 9.84 Å². The number of ether oxygens (including phenoxy) is 1. The van der Waals surface area contributed by atoms with Crippen molar-refractivity contribution in [3.8, 4) is 11.5 Å². The number of benzene rings is 4. The molecule has 0 radical (unpaired) electrons. The van der Waals surface area contributed by atoms with Crippen molar-refractivity contribution in [1.82, 2.24) is 0 Å². The SMILES string of the molecule is Cc1ccc(Pc2ccc(Oc3ccc(S(=O)(=O)c4ccc(C(C)(C)C)cc4)cc3)cc2)cc1. The van der Waals surface area contributed by atoms with Crippen molar-refractivity contribution >= 4 is 29.0 Å². The lowest BCUT2D eigenvalue weighted by atomic mass is 9.87. The molecule has 0 fully saturated rings. The summed E-state index contributed by atoms with van der Waals surface area (Å²) in [4.78, 5) is 0.539. The Bertz CT molecular complexity index is 1350. The van der Waals surface area contributed by atoms with E-state index in [4.69, 9.17) is 4.74 Å². The van der Waals surface area contributed by atoms with Gasteiger partial charge in [0.05, 0.1) is 9.79 Å². The Balaban J connectivity index is 1.43. The second-order valence-electron chi connectivity index (χ2n) is 9.37. The first-order valence-corrected chi connectivity index (χ1v) is 13.7. The Morgan fingerprint density at radius 3 is 1.50 bits per heavy atom. The van der Waals surface area contributed by atoms with Gasteiger partial charge in [0.2, 0.25) is 9.84 Å². The summed E-state index contributed by atoms with van der Waals surface area (Å²) in [6.07, 6.45) is 0. The van der Waals surface area contributed by atoms with Crippen LogP contribution in [0.1, 0.15) is 31.9 Å². The molecule has 34 heavy (non-hydrogen) atoms. The highest BCUT2D eigenvalue weighted by Gasteiger charge is 2.20. The Morgan fingerprint density at radius 1 is 0.618 bits per heavy atom. The molecule has 0 spiro atoms. The van der Waals surface area contributed by atoms with Crippen molar-refractivity contribution in [1.29, 1.82) is 0 Å². The lowest BCUT2D eigenvalue weighted by Crippen LogP contribution is -2.11. The van der Waals surface area contributed by atoms with Crippen LogP contribution in [0.4, 0.5) is 0 Å². The largest absolute Gasteiger partial charge is 0.457 e.